The van der Waals surface area contributed by atoms with Gasteiger partial charge in [0.1, 0.15) is 17.5 Å². The Morgan fingerprint density at radius 2 is 1.94 bits per heavy atom. The number of hydrogen-bond donors (Lipinski definition) is 1. The number of ether oxygens (including phenoxy) is 1. The third-order valence-corrected chi connectivity index (χ3v) is 6.96. The molecule has 0 saturated carbocycles. The van der Waals surface area contributed by atoms with Crippen molar-refractivity contribution in [2.24, 2.45) is 0 Å². The zero-order valence-electron chi connectivity index (χ0n) is 18.1. The second kappa shape index (κ2) is 8.81. The summed E-state index contributed by atoms with van der Waals surface area (Å²) in [6.07, 6.45) is 6.41. The van der Waals surface area contributed by atoms with Gasteiger partial charge in [-0.2, -0.15) is 5.26 Å². The molecule has 0 radical (unpaired) electrons. The van der Waals surface area contributed by atoms with Crippen LogP contribution in [0.2, 0.25) is 0 Å². The van der Waals surface area contributed by atoms with Crippen LogP contribution in [0.15, 0.2) is 30.5 Å². The highest BCUT2D eigenvalue weighted by atomic mass is 16.5. The van der Waals surface area contributed by atoms with Crippen LogP contribution in [0.25, 0.3) is 0 Å². The van der Waals surface area contributed by atoms with Gasteiger partial charge in [-0.15, -0.1) is 0 Å². The van der Waals surface area contributed by atoms with E-state index in [1.807, 2.05) is 0 Å². The molecular weight excluding hydrogens is 388 g/mol. The van der Waals surface area contributed by atoms with Crippen molar-refractivity contribution in [3.8, 4) is 6.07 Å². The average Bonchev–Trinajstić information content (AvgIpc) is 3.19. The summed E-state index contributed by atoms with van der Waals surface area (Å²) >= 11 is 0. The summed E-state index contributed by atoms with van der Waals surface area (Å²) in [7, 11) is 0. The summed E-state index contributed by atoms with van der Waals surface area (Å²) in [5.41, 5.74) is 1.95. The molecule has 2 aromatic rings. The van der Waals surface area contributed by atoms with Crippen molar-refractivity contribution >= 4 is 17.5 Å². The van der Waals surface area contributed by atoms with Gasteiger partial charge in [-0.25, -0.2) is 9.97 Å². The first-order valence-corrected chi connectivity index (χ1v) is 11.4. The molecule has 3 fully saturated rings. The van der Waals surface area contributed by atoms with Gasteiger partial charge in [-0.05, 0) is 81.4 Å². The monoisotopic (exact) mass is 418 g/mol. The molecule has 0 aromatic carbocycles. The largest absolute Gasteiger partial charge is 0.378 e. The highest BCUT2D eigenvalue weighted by Crippen LogP contribution is 2.35. The lowest BCUT2D eigenvalue weighted by Crippen LogP contribution is -2.51. The molecule has 0 unspecified atom stereocenters. The summed E-state index contributed by atoms with van der Waals surface area (Å²) in [4.78, 5) is 14.3. The van der Waals surface area contributed by atoms with Gasteiger partial charge in [0.05, 0.1) is 30.9 Å². The Hall–Kier alpha value is -2.69. The quantitative estimate of drug-likeness (QED) is 0.794. The van der Waals surface area contributed by atoms with Crippen LogP contribution >= 0.6 is 0 Å². The van der Waals surface area contributed by atoms with Crippen LogP contribution in [0.5, 0.6) is 0 Å². The molecule has 7 nitrogen and oxygen atoms in total. The van der Waals surface area contributed by atoms with Gasteiger partial charge < -0.3 is 15.0 Å². The number of nitrogens with one attached hydrogen (secondary N) is 1. The Balaban J connectivity index is 1.40. The highest BCUT2D eigenvalue weighted by molar-refractivity contribution is 5.59. The summed E-state index contributed by atoms with van der Waals surface area (Å²) in [5.74, 6) is 3.06. The number of piperidine rings is 1. The van der Waals surface area contributed by atoms with Crippen molar-refractivity contribution in [2.75, 3.05) is 43.1 Å². The summed E-state index contributed by atoms with van der Waals surface area (Å²) < 4.78 is 5.38. The van der Waals surface area contributed by atoms with E-state index in [1.54, 1.807) is 18.3 Å². The first-order chi connectivity index (χ1) is 15.2. The number of anilines is 3. The smallest absolute Gasteiger partial charge is 0.134 e. The Kier molecular flexibility index (Phi) is 5.75. The number of rotatable bonds is 5. The summed E-state index contributed by atoms with van der Waals surface area (Å²) in [6, 6.07) is 11.3. The topological polar surface area (TPSA) is 77.3 Å². The molecule has 3 aliphatic rings. The van der Waals surface area contributed by atoms with Crippen molar-refractivity contribution in [3.05, 3.63) is 41.6 Å². The van der Waals surface area contributed by atoms with E-state index in [4.69, 9.17) is 9.72 Å². The standard InChI is InChI=1S/C24H30N6O/c1-17-3-2-8-30(17)24-13-20(19-5-9-29(10-6-19)21-15-31-16-21)12-23(28-24)27-22-11-18(14-25)4-7-26-22/h4,7,11-13,17,19,21H,2-3,5-6,8-10,15-16H2,1H3,(H,26,27,28)/t17-/m0/s1. The Bertz CT molecular complexity index is 961. The maximum Gasteiger partial charge on any atom is 0.134 e. The Morgan fingerprint density at radius 1 is 1.10 bits per heavy atom. The van der Waals surface area contributed by atoms with Gasteiger partial charge in [0, 0.05) is 18.8 Å². The predicted molar refractivity (Wildman–Crippen MR) is 121 cm³/mol. The molecule has 7 heteroatoms. The van der Waals surface area contributed by atoms with Gasteiger partial charge in [0.25, 0.3) is 0 Å². The van der Waals surface area contributed by atoms with E-state index in [1.165, 1.54) is 18.4 Å². The lowest BCUT2D eigenvalue weighted by atomic mass is 9.89. The highest BCUT2D eigenvalue weighted by Gasteiger charge is 2.31. The molecule has 1 atom stereocenters. The molecule has 162 valence electrons. The number of likely N-dealkylation sites (tertiary alicyclic amines) is 1. The second-order valence-electron chi connectivity index (χ2n) is 9.00. The summed E-state index contributed by atoms with van der Waals surface area (Å²) in [6.45, 7) is 7.38. The summed E-state index contributed by atoms with van der Waals surface area (Å²) in [5, 5.41) is 12.6. The number of nitriles is 1. The van der Waals surface area contributed by atoms with Crippen LogP contribution in [0, 0.1) is 11.3 Å². The van der Waals surface area contributed by atoms with E-state index in [0.717, 1.165) is 57.3 Å². The molecular formula is C24H30N6O. The van der Waals surface area contributed by atoms with E-state index in [0.29, 0.717) is 29.4 Å². The fourth-order valence-corrected chi connectivity index (χ4v) is 4.99. The molecule has 31 heavy (non-hydrogen) atoms. The van der Waals surface area contributed by atoms with E-state index in [9.17, 15) is 5.26 Å². The Morgan fingerprint density at radius 3 is 2.61 bits per heavy atom. The number of nitrogens with zero attached hydrogens (tertiary/aromatic N) is 5. The molecule has 1 N–H and O–H groups in total. The maximum absolute atomic E-state index is 9.20. The SMILES string of the molecule is C[C@H]1CCCN1c1cc(C2CCN(C3COC3)CC2)cc(Nc2cc(C#N)ccn2)n1. The fourth-order valence-electron chi connectivity index (χ4n) is 4.99. The minimum absolute atomic E-state index is 0.510. The van der Waals surface area contributed by atoms with Crippen molar-refractivity contribution in [2.45, 2.75) is 50.6 Å². The van der Waals surface area contributed by atoms with Gasteiger partial charge in [0.15, 0.2) is 0 Å². The lowest BCUT2D eigenvalue weighted by Gasteiger charge is -2.41. The second-order valence-corrected chi connectivity index (χ2v) is 9.00. The van der Waals surface area contributed by atoms with E-state index in [2.05, 4.69) is 45.2 Å². The number of pyridine rings is 2. The van der Waals surface area contributed by atoms with Crippen LogP contribution in [-0.4, -0.2) is 59.8 Å². The fraction of sp³-hybridized carbons (Fsp3) is 0.542. The molecule has 0 spiro atoms. The van der Waals surface area contributed by atoms with Gasteiger partial charge >= 0.3 is 0 Å². The molecule has 3 aliphatic heterocycles. The van der Waals surface area contributed by atoms with E-state index >= 15 is 0 Å². The maximum atomic E-state index is 9.20. The Labute approximate surface area is 184 Å². The normalized spacial score (nSPS) is 22.8. The van der Waals surface area contributed by atoms with E-state index in [-0.39, 0.29) is 0 Å². The van der Waals surface area contributed by atoms with Crippen molar-refractivity contribution < 1.29 is 4.74 Å². The van der Waals surface area contributed by atoms with Gasteiger partial charge in [-0.1, -0.05) is 0 Å². The molecule has 3 saturated heterocycles. The number of hydrogen-bond acceptors (Lipinski definition) is 7. The van der Waals surface area contributed by atoms with Crippen LogP contribution in [0.1, 0.15) is 49.7 Å². The third kappa shape index (κ3) is 4.36. The van der Waals surface area contributed by atoms with Crippen molar-refractivity contribution in [1.29, 1.82) is 5.26 Å². The van der Waals surface area contributed by atoms with E-state index < -0.39 is 0 Å². The van der Waals surface area contributed by atoms with Crippen LogP contribution < -0.4 is 10.2 Å². The molecule has 5 rings (SSSR count). The zero-order chi connectivity index (χ0) is 21.2. The minimum Gasteiger partial charge on any atom is -0.378 e. The molecule has 2 aromatic heterocycles. The number of aromatic nitrogens is 2. The van der Waals surface area contributed by atoms with Crippen LogP contribution in [0.4, 0.5) is 17.5 Å². The molecule has 0 amide bonds. The predicted octanol–water partition coefficient (Wildman–Crippen LogP) is 3.66. The lowest BCUT2D eigenvalue weighted by molar-refractivity contribution is -0.0712. The first kappa shape index (κ1) is 20.2. The van der Waals surface area contributed by atoms with Crippen molar-refractivity contribution in [1.82, 2.24) is 14.9 Å². The van der Waals surface area contributed by atoms with Crippen molar-refractivity contribution in [3.63, 3.8) is 0 Å². The van der Waals surface area contributed by atoms with Gasteiger partial charge in [-0.3, -0.25) is 4.90 Å². The minimum atomic E-state index is 0.510. The molecule has 0 aliphatic carbocycles. The molecule has 0 bridgehead atoms. The first-order valence-electron chi connectivity index (χ1n) is 11.4. The van der Waals surface area contributed by atoms with Crippen LogP contribution in [0.3, 0.4) is 0 Å². The van der Waals surface area contributed by atoms with Crippen LogP contribution in [-0.2, 0) is 4.74 Å². The average molecular weight is 419 g/mol. The third-order valence-electron chi connectivity index (χ3n) is 6.96. The van der Waals surface area contributed by atoms with Gasteiger partial charge in [0.2, 0.25) is 0 Å². The zero-order valence-corrected chi connectivity index (χ0v) is 18.1. The molecule has 5 heterocycles.